The second-order valence-corrected chi connectivity index (χ2v) is 14.2. The molecule has 0 radical (unpaired) electrons. The van der Waals surface area contributed by atoms with Crippen LogP contribution in [0.4, 0.5) is 17.1 Å². The number of phenolic OH excluding ortho intramolecular Hbond substituents is 2. The van der Waals surface area contributed by atoms with Gasteiger partial charge in [-0.15, -0.1) is 43.0 Å². The van der Waals surface area contributed by atoms with Gasteiger partial charge in [0, 0.05) is 22.3 Å². The monoisotopic (exact) mass is 795 g/mol. The van der Waals surface area contributed by atoms with E-state index in [0.717, 1.165) is 40.8 Å². The number of tetrazole rings is 2. The number of nitrogens with one attached hydrogen (secondary N) is 3. The molecule has 0 saturated heterocycles. The molecule has 58 heavy (non-hydrogen) atoms. The van der Waals surface area contributed by atoms with Crippen LogP contribution in [0.2, 0.25) is 0 Å². The lowest BCUT2D eigenvalue weighted by Crippen LogP contribution is -2.16. The number of hydrogen-bond donors (Lipinski definition) is 6. The van der Waals surface area contributed by atoms with E-state index in [2.05, 4.69) is 82.6 Å². The lowest BCUT2D eigenvalue weighted by Gasteiger charge is -2.19. The number of para-hydroxylation sites is 2. The first kappa shape index (κ1) is 38.8. The van der Waals surface area contributed by atoms with Crippen molar-refractivity contribution in [2.24, 2.45) is 10.2 Å². The van der Waals surface area contributed by atoms with E-state index >= 15 is 0 Å². The number of nitrogen functional groups attached to an aromatic ring is 1. The molecule has 1 aliphatic rings. The Balaban J connectivity index is 0.000000215. The summed E-state index contributed by atoms with van der Waals surface area (Å²) in [5.74, 6) is 0.988. The summed E-state index contributed by atoms with van der Waals surface area (Å²) in [5, 5.41) is 60.5. The van der Waals surface area contributed by atoms with Crippen LogP contribution in [0.15, 0.2) is 118 Å². The summed E-state index contributed by atoms with van der Waals surface area (Å²) in [5.41, 5.74) is 14.6. The topological polar surface area (TPSA) is 238 Å². The third-order valence-electron chi connectivity index (χ3n) is 10.0. The van der Waals surface area contributed by atoms with Crippen molar-refractivity contribution in [1.29, 1.82) is 0 Å². The number of H-pyrrole nitrogens is 3. The van der Waals surface area contributed by atoms with Gasteiger partial charge in [0.25, 0.3) is 5.56 Å². The Hall–Kier alpha value is -7.46. The van der Waals surface area contributed by atoms with Gasteiger partial charge in [0.05, 0.1) is 17.1 Å². The number of anilines is 1. The predicted molar refractivity (Wildman–Crippen MR) is 222 cm³/mol. The van der Waals surface area contributed by atoms with Crippen LogP contribution in [-0.2, 0) is 11.8 Å². The summed E-state index contributed by atoms with van der Waals surface area (Å²) >= 11 is 0. The zero-order chi connectivity index (χ0) is 39.7. The Morgan fingerprint density at radius 3 is 1.95 bits per heavy atom. The number of fused-ring (bicyclic) bond motifs is 1. The Kier molecular flexibility index (Phi) is 10.7. The quantitative estimate of drug-likeness (QED) is 0.0518. The van der Waals surface area contributed by atoms with Crippen LogP contribution in [0, 0.1) is 6.92 Å². The molecule has 3 heterocycles. The smallest absolute Gasteiger partial charge is 0.299 e. The highest BCUT2D eigenvalue weighted by Crippen LogP contribution is 2.40. The molecule has 5 aromatic carbocycles. The number of nitrogens with zero attached hydrogens (tertiary/aromatic N) is 9. The van der Waals surface area contributed by atoms with E-state index < -0.39 is 0 Å². The standard InChI is InChI=1S/C28H26N8O2.C13H11N5O.ClH/c1-16-24(27(38)36(33-16)20-11-10-17-12-13-28(2,3)22(17)15-20)30-29-23-9-5-8-21(25(23)37)18-6-4-7-19(14-18)26-31-34-35-32-26;14-11-6-2-5-10(12(11)19)8-3-1-4-9(7-8)13-15-17-18-16-13;/h4-11,14-15,33,37H,12-13H2,1-3H3,(H,31,32,34,35);1-7,19H,14H2,(H,15,16,17,18);1H. The average molecular weight is 796 g/mol. The van der Waals surface area contributed by atoms with E-state index in [1.54, 1.807) is 43.3 Å². The summed E-state index contributed by atoms with van der Waals surface area (Å²) in [7, 11) is 0. The van der Waals surface area contributed by atoms with Crippen molar-refractivity contribution in [2.75, 3.05) is 5.73 Å². The molecule has 16 nitrogen and oxygen atoms in total. The summed E-state index contributed by atoms with van der Waals surface area (Å²) in [6, 6.07) is 31.5. The van der Waals surface area contributed by atoms with E-state index in [-0.39, 0.29) is 46.3 Å². The van der Waals surface area contributed by atoms with Gasteiger partial charge in [0.2, 0.25) is 11.6 Å². The molecule has 0 saturated carbocycles. The highest BCUT2D eigenvalue weighted by Gasteiger charge is 2.30. The molecular formula is C41H38ClN13O3. The predicted octanol–water partition coefficient (Wildman–Crippen LogP) is 7.91. The lowest BCUT2D eigenvalue weighted by atomic mass is 9.86. The molecule has 9 rings (SSSR count). The number of nitrogens with two attached hydrogens (primary N) is 1. The fraction of sp³-hybridized carbons (Fsp3) is 0.146. The van der Waals surface area contributed by atoms with Crippen LogP contribution in [0.1, 0.15) is 37.1 Å². The molecule has 3 aromatic heterocycles. The number of aromatic amines is 3. The van der Waals surface area contributed by atoms with E-state index in [4.69, 9.17) is 5.73 Å². The Bertz CT molecular complexity index is 2810. The summed E-state index contributed by atoms with van der Waals surface area (Å²) < 4.78 is 1.50. The van der Waals surface area contributed by atoms with E-state index in [9.17, 15) is 15.0 Å². The van der Waals surface area contributed by atoms with Crippen LogP contribution >= 0.6 is 12.4 Å². The van der Waals surface area contributed by atoms with Gasteiger partial charge < -0.3 is 15.9 Å². The molecule has 0 unspecified atom stereocenters. The van der Waals surface area contributed by atoms with Crippen molar-refractivity contribution >= 4 is 29.5 Å². The molecule has 0 fully saturated rings. The third-order valence-corrected chi connectivity index (χ3v) is 10.0. The molecule has 8 aromatic rings. The number of rotatable bonds is 7. The minimum Gasteiger partial charge on any atom is -0.505 e. The zero-order valence-electron chi connectivity index (χ0n) is 31.5. The van der Waals surface area contributed by atoms with Gasteiger partial charge in [0.1, 0.15) is 11.4 Å². The van der Waals surface area contributed by atoms with Crippen LogP contribution in [-0.4, -0.2) is 61.2 Å². The SMILES string of the molecule is Cc1[nH]n(-c2ccc3c(c2)C(C)(C)CC3)c(=O)c1N=Nc1cccc(-c2cccc(-c3nn[nH]n3)c2)c1O.Cl.Nc1cccc(-c2cccc(-c3nn[nH]n3)c2)c1O. The Morgan fingerprint density at radius 2 is 1.33 bits per heavy atom. The molecule has 0 amide bonds. The van der Waals surface area contributed by atoms with Crippen LogP contribution in [0.25, 0.3) is 50.7 Å². The highest BCUT2D eigenvalue weighted by atomic mass is 35.5. The molecular weight excluding hydrogens is 758 g/mol. The van der Waals surface area contributed by atoms with Crippen molar-refractivity contribution in [1.82, 2.24) is 51.0 Å². The van der Waals surface area contributed by atoms with Crippen molar-refractivity contribution in [2.45, 2.75) is 39.0 Å². The third kappa shape index (κ3) is 7.55. The molecule has 0 atom stereocenters. The molecule has 0 bridgehead atoms. The maximum absolute atomic E-state index is 13.3. The molecule has 17 heteroatoms. The minimum atomic E-state index is -0.300. The van der Waals surface area contributed by atoms with Gasteiger partial charge in [-0.1, -0.05) is 80.6 Å². The van der Waals surface area contributed by atoms with Gasteiger partial charge in [-0.2, -0.15) is 10.4 Å². The van der Waals surface area contributed by atoms with Gasteiger partial charge in [-0.25, -0.2) is 4.68 Å². The first-order chi connectivity index (χ1) is 27.6. The van der Waals surface area contributed by atoms with Crippen LogP contribution in [0.5, 0.6) is 11.5 Å². The molecule has 0 aliphatic heterocycles. The van der Waals surface area contributed by atoms with Crippen molar-refractivity contribution in [3.63, 3.8) is 0 Å². The largest absolute Gasteiger partial charge is 0.505 e. The fourth-order valence-corrected chi connectivity index (χ4v) is 6.93. The van der Waals surface area contributed by atoms with E-state index in [1.165, 1.54) is 15.8 Å². The summed E-state index contributed by atoms with van der Waals surface area (Å²) in [6.07, 6.45) is 2.14. The fourth-order valence-electron chi connectivity index (χ4n) is 6.93. The first-order valence-electron chi connectivity index (χ1n) is 18.0. The van der Waals surface area contributed by atoms with Gasteiger partial charge >= 0.3 is 0 Å². The maximum atomic E-state index is 13.3. The normalized spacial score (nSPS) is 12.8. The number of hydrogen-bond acceptors (Lipinski definition) is 12. The Morgan fingerprint density at radius 1 is 0.741 bits per heavy atom. The zero-order valence-corrected chi connectivity index (χ0v) is 32.4. The number of azo groups is 1. The number of aromatic nitrogens is 10. The molecule has 1 aliphatic carbocycles. The van der Waals surface area contributed by atoms with Crippen LogP contribution in [0.3, 0.4) is 0 Å². The summed E-state index contributed by atoms with van der Waals surface area (Å²) in [6.45, 7) is 6.24. The maximum Gasteiger partial charge on any atom is 0.299 e. The lowest BCUT2D eigenvalue weighted by molar-refractivity contribution is 0.478. The van der Waals surface area contributed by atoms with Gasteiger partial charge in [-0.3, -0.25) is 9.89 Å². The van der Waals surface area contributed by atoms with Crippen molar-refractivity contribution in [3.8, 4) is 62.2 Å². The Labute approximate surface area is 337 Å². The van der Waals surface area contributed by atoms with Crippen molar-refractivity contribution < 1.29 is 10.2 Å². The summed E-state index contributed by atoms with van der Waals surface area (Å²) in [4.78, 5) is 13.3. The van der Waals surface area contributed by atoms with Crippen molar-refractivity contribution in [3.05, 3.63) is 130 Å². The number of benzene rings is 5. The number of aromatic hydroxyl groups is 2. The second kappa shape index (κ2) is 16.0. The van der Waals surface area contributed by atoms with Crippen LogP contribution < -0.4 is 11.3 Å². The number of phenols is 2. The molecule has 0 spiro atoms. The van der Waals surface area contributed by atoms with Gasteiger partial charge in [0.15, 0.2) is 11.4 Å². The minimum absolute atomic E-state index is 0. The number of aryl methyl sites for hydroxylation is 2. The van der Waals surface area contributed by atoms with E-state index in [1.807, 2.05) is 54.6 Å². The number of halogens is 1. The van der Waals surface area contributed by atoms with E-state index in [0.29, 0.717) is 34.2 Å². The molecule has 7 N–H and O–H groups in total. The molecule has 292 valence electrons. The second-order valence-electron chi connectivity index (χ2n) is 14.2. The van der Waals surface area contributed by atoms with Gasteiger partial charge in [-0.05, 0) is 94.3 Å². The first-order valence-corrected chi connectivity index (χ1v) is 18.0. The highest BCUT2D eigenvalue weighted by molar-refractivity contribution is 5.85. The average Bonchev–Trinajstić information content (AvgIpc) is 4.05.